The van der Waals surface area contributed by atoms with E-state index in [1.54, 1.807) is 0 Å². The van der Waals surface area contributed by atoms with E-state index in [2.05, 4.69) is 11.2 Å². The molecule has 0 aliphatic heterocycles. The predicted molar refractivity (Wildman–Crippen MR) is 52.3 cm³/mol. The smallest absolute Gasteiger partial charge is 0.287 e. The largest absolute Gasteiger partial charge is 0.390 e. The molecule has 0 aliphatic carbocycles. The van der Waals surface area contributed by atoms with Crippen molar-refractivity contribution in [3.05, 3.63) is 0 Å². The highest BCUT2D eigenvalue weighted by molar-refractivity contribution is 5.75. The van der Waals surface area contributed by atoms with Crippen LogP contribution in [0.3, 0.4) is 0 Å². The topological polar surface area (TPSA) is 49.3 Å². The molecular weight excluding hydrogens is 204 g/mol. The summed E-state index contributed by atoms with van der Waals surface area (Å²) in [4.78, 5) is 11.0. The first-order chi connectivity index (χ1) is 7.02. The van der Waals surface area contributed by atoms with E-state index in [0.29, 0.717) is 19.3 Å². The molecular formula is C10H15F2NO2. The highest BCUT2D eigenvalue weighted by atomic mass is 19.3. The number of rotatable bonds is 7. The molecule has 0 saturated heterocycles. The van der Waals surface area contributed by atoms with Gasteiger partial charge in [0, 0.05) is 12.8 Å². The molecule has 0 spiro atoms. The highest BCUT2D eigenvalue weighted by Crippen LogP contribution is 2.09. The summed E-state index contributed by atoms with van der Waals surface area (Å²) in [5.74, 6) is -1.26. The molecule has 0 atom stereocenters. The summed E-state index contributed by atoms with van der Waals surface area (Å²) in [6.07, 6.45) is 7.06. The van der Waals surface area contributed by atoms with E-state index < -0.39 is 25.0 Å². The van der Waals surface area contributed by atoms with Gasteiger partial charge in [-0.2, -0.15) is 0 Å². The van der Waals surface area contributed by atoms with Crippen LogP contribution in [0.1, 0.15) is 25.7 Å². The number of carbonyl (C=O) groups is 1. The fraction of sp³-hybridized carbons (Fsp3) is 0.700. The van der Waals surface area contributed by atoms with E-state index in [9.17, 15) is 13.6 Å². The minimum absolute atomic E-state index is 0.184. The number of alkyl halides is 2. The number of unbranched alkanes of at least 4 members (excludes halogenated alkanes) is 2. The summed E-state index contributed by atoms with van der Waals surface area (Å²) in [5, 5.41) is 10.3. The fourth-order valence-corrected chi connectivity index (χ4v) is 0.885. The zero-order valence-corrected chi connectivity index (χ0v) is 8.43. The van der Waals surface area contributed by atoms with Crippen LogP contribution >= 0.6 is 0 Å². The minimum Gasteiger partial charge on any atom is -0.390 e. The summed E-state index contributed by atoms with van der Waals surface area (Å²) in [6, 6.07) is 0. The van der Waals surface area contributed by atoms with Crippen LogP contribution in [0.2, 0.25) is 0 Å². The van der Waals surface area contributed by atoms with Crippen molar-refractivity contribution in [1.29, 1.82) is 0 Å². The van der Waals surface area contributed by atoms with Gasteiger partial charge < -0.3 is 10.4 Å². The number of hydrogen-bond donors (Lipinski definition) is 2. The normalized spacial score (nSPS) is 10.8. The van der Waals surface area contributed by atoms with Crippen molar-refractivity contribution in [3.8, 4) is 12.3 Å². The van der Waals surface area contributed by atoms with Crippen LogP contribution in [0.5, 0.6) is 0 Å². The van der Waals surface area contributed by atoms with Crippen LogP contribution < -0.4 is 5.32 Å². The van der Waals surface area contributed by atoms with Crippen LogP contribution in [0.25, 0.3) is 0 Å². The Kier molecular flexibility index (Phi) is 6.63. The van der Waals surface area contributed by atoms with Gasteiger partial charge in [-0.1, -0.05) is 0 Å². The lowest BCUT2D eigenvalue weighted by Gasteiger charge is -2.13. The van der Waals surface area contributed by atoms with Crippen molar-refractivity contribution in [2.45, 2.75) is 31.6 Å². The Morgan fingerprint density at radius 3 is 2.67 bits per heavy atom. The first-order valence-corrected chi connectivity index (χ1v) is 4.70. The molecule has 15 heavy (non-hydrogen) atoms. The SMILES string of the molecule is C#CCCCCC(=O)NCC(F)(F)CO. The lowest BCUT2D eigenvalue weighted by Crippen LogP contribution is -2.38. The lowest BCUT2D eigenvalue weighted by atomic mass is 10.2. The first-order valence-electron chi connectivity index (χ1n) is 4.70. The van der Waals surface area contributed by atoms with Crippen molar-refractivity contribution in [2.75, 3.05) is 13.2 Å². The third-order valence-electron chi connectivity index (χ3n) is 1.75. The summed E-state index contributed by atoms with van der Waals surface area (Å²) in [7, 11) is 0. The maximum Gasteiger partial charge on any atom is 0.287 e. The van der Waals surface area contributed by atoms with Gasteiger partial charge in [-0.3, -0.25) is 4.79 Å². The number of hydrogen-bond acceptors (Lipinski definition) is 2. The van der Waals surface area contributed by atoms with Crippen molar-refractivity contribution in [1.82, 2.24) is 5.32 Å². The van der Waals surface area contributed by atoms with E-state index in [-0.39, 0.29) is 6.42 Å². The van der Waals surface area contributed by atoms with Crippen molar-refractivity contribution >= 4 is 5.91 Å². The van der Waals surface area contributed by atoms with E-state index in [1.165, 1.54) is 0 Å². The molecule has 0 aromatic rings. The standard InChI is InChI=1S/C10H15F2NO2/c1-2-3-4-5-6-9(15)13-7-10(11,12)8-14/h1,14H,3-8H2,(H,13,15). The third kappa shape index (κ3) is 7.89. The zero-order valence-electron chi connectivity index (χ0n) is 8.43. The zero-order chi connectivity index (χ0) is 11.7. The molecule has 1 amide bonds. The Morgan fingerprint density at radius 2 is 2.13 bits per heavy atom. The quantitative estimate of drug-likeness (QED) is 0.494. The number of carbonyl (C=O) groups excluding carboxylic acids is 1. The van der Waals surface area contributed by atoms with Crippen molar-refractivity contribution < 1.29 is 18.7 Å². The van der Waals surface area contributed by atoms with E-state index in [4.69, 9.17) is 11.5 Å². The number of aliphatic hydroxyl groups excluding tert-OH is 1. The molecule has 86 valence electrons. The maximum atomic E-state index is 12.5. The van der Waals surface area contributed by atoms with Gasteiger partial charge in [-0.25, -0.2) is 8.78 Å². The molecule has 3 nitrogen and oxygen atoms in total. The number of amides is 1. The van der Waals surface area contributed by atoms with Crippen LogP contribution in [-0.4, -0.2) is 30.1 Å². The Morgan fingerprint density at radius 1 is 1.47 bits per heavy atom. The fourth-order valence-electron chi connectivity index (χ4n) is 0.885. The molecule has 0 bridgehead atoms. The van der Waals surface area contributed by atoms with Gasteiger partial charge in [0.05, 0.1) is 6.54 Å². The van der Waals surface area contributed by atoms with Crippen LogP contribution in [0.4, 0.5) is 8.78 Å². The average Bonchev–Trinajstić information content (AvgIpc) is 2.22. The molecule has 0 saturated carbocycles. The second-order valence-electron chi connectivity index (χ2n) is 3.20. The number of halogens is 2. The molecule has 0 fully saturated rings. The Balaban J connectivity index is 3.54. The molecule has 5 heteroatoms. The number of terminal acetylenes is 1. The Bertz CT molecular complexity index is 236. The molecule has 0 aromatic heterocycles. The van der Waals surface area contributed by atoms with Gasteiger partial charge in [0.2, 0.25) is 5.91 Å². The highest BCUT2D eigenvalue weighted by Gasteiger charge is 2.27. The summed E-state index contributed by atoms with van der Waals surface area (Å²) in [6.45, 7) is -2.08. The summed E-state index contributed by atoms with van der Waals surface area (Å²) >= 11 is 0. The van der Waals surface area contributed by atoms with Gasteiger partial charge in [-0.15, -0.1) is 12.3 Å². The summed E-state index contributed by atoms with van der Waals surface area (Å²) < 4.78 is 24.9. The van der Waals surface area contributed by atoms with E-state index >= 15 is 0 Å². The van der Waals surface area contributed by atoms with Crippen LogP contribution in [0.15, 0.2) is 0 Å². The van der Waals surface area contributed by atoms with Gasteiger partial charge >= 0.3 is 0 Å². The number of nitrogens with one attached hydrogen (secondary N) is 1. The average molecular weight is 219 g/mol. The second-order valence-corrected chi connectivity index (χ2v) is 3.20. The van der Waals surface area contributed by atoms with Crippen molar-refractivity contribution in [2.24, 2.45) is 0 Å². The molecule has 0 radical (unpaired) electrons. The molecule has 2 N–H and O–H groups in total. The third-order valence-corrected chi connectivity index (χ3v) is 1.75. The molecule has 0 rings (SSSR count). The first kappa shape index (κ1) is 13.8. The lowest BCUT2D eigenvalue weighted by molar-refractivity contribution is -0.124. The predicted octanol–water partition coefficient (Wildman–Crippen LogP) is 0.924. The van der Waals surface area contributed by atoms with Gasteiger partial charge in [0.1, 0.15) is 6.61 Å². The summed E-state index contributed by atoms with van der Waals surface area (Å²) in [5.41, 5.74) is 0. The Labute approximate surface area is 87.9 Å². The van der Waals surface area contributed by atoms with Crippen LogP contribution in [-0.2, 0) is 4.79 Å². The Hall–Kier alpha value is -1.15. The van der Waals surface area contributed by atoms with E-state index in [1.807, 2.05) is 0 Å². The van der Waals surface area contributed by atoms with Gasteiger partial charge in [0.25, 0.3) is 5.92 Å². The van der Waals surface area contributed by atoms with E-state index in [0.717, 1.165) is 0 Å². The number of aliphatic hydroxyl groups is 1. The van der Waals surface area contributed by atoms with Gasteiger partial charge in [-0.05, 0) is 12.8 Å². The maximum absolute atomic E-state index is 12.5. The second kappa shape index (κ2) is 7.18. The minimum atomic E-state index is -3.24. The monoisotopic (exact) mass is 219 g/mol. The van der Waals surface area contributed by atoms with Crippen molar-refractivity contribution in [3.63, 3.8) is 0 Å². The molecule has 0 aromatic carbocycles. The van der Waals surface area contributed by atoms with Gasteiger partial charge in [0.15, 0.2) is 0 Å². The molecule has 0 unspecified atom stereocenters. The molecule has 0 aliphatic rings. The molecule has 0 heterocycles. The van der Waals surface area contributed by atoms with Crippen LogP contribution in [0, 0.1) is 12.3 Å².